The van der Waals surface area contributed by atoms with Gasteiger partial charge in [0, 0.05) is 29.6 Å². The highest BCUT2D eigenvalue weighted by atomic mass is 16.4. The molecule has 1 saturated carbocycles. The SMILES string of the molecule is O=C(O)CCCc1cn(C2CCCC2)c2ccccc12. The Hall–Kier alpha value is -1.77. The van der Waals surface area contributed by atoms with Crippen molar-refractivity contribution in [3.8, 4) is 0 Å². The molecule has 1 aliphatic carbocycles. The highest BCUT2D eigenvalue weighted by Gasteiger charge is 2.19. The smallest absolute Gasteiger partial charge is 0.303 e. The molecule has 0 aliphatic heterocycles. The van der Waals surface area contributed by atoms with Gasteiger partial charge in [0.25, 0.3) is 0 Å². The monoisotopic (exact) mass is 271 g/mol. The summed E-state index contributed by atoms with van der Waals surface area (Å²) < 4.78 is 2.43. The van der Waals surface area contributed by atoms with Crippen molar-refractivity contribution in [1.29, 1.82) is 0 Å². The van der Waals surface area contributed by atoms with Gasteiger partial charge >= 0.3 is 5.97 Å². The molecular weight excluding hydrogens is 250 g/mol. The van der Waals surface area contributed by atoms with E-state index in [-0.39, 0.29) is 6.42 Å². The number of nitrogens with zero attached hydrogens (tertiary/aromatic N) is 1. The predicted octanol–water partition coefficient (Wildman–Crippen LogP) is 4.16. The van der Waals surface area contributed by atoms with E-state index in [1.54, 1.807) is 0 Å². The Morgan fingerprint density at radius 2 is 2.00 bits per heavy atom. The minimum atomic E-state index is -0.704. The largest absolute Gasteiger partial charge is 0.481 e. The maximum atomic E-state index is 10.7. The van der Waals surface area contributed by atoms with Gasteiger partial charge in [-0.05, 0) is 37.3 Å². The average Bonchev–Trinajstić information content (AvgIpc) is 3.06. The van der Waals surface area contributed by atoms with Crippen LogP contribution in [0.4, 0.5) is 0 Å². The summed E-state index contributed by atoms with van der Waals surface area (Å²) in [5.74, 6) is -0.704. The molecule has 3 nitrogen and oxygen atoms in total. The van der Waals surface area contributed by atoms with Crippen LogP contribution >= 0.6 is 0 Å². The van der Waals surface area contributed by atoms with Crippen LogP contribution in [0.15, 0.2) is 30.5 Å². The van der Waals surface area contributed by atoms with E-state index in [0.29, 0.717) is 12.5 Å². The first kappa shape index (κ1) is 13.2. The summed E-state index contributed by atoms with van der Waals surface area (Å²) in [6.45, 7) is 0. The third kappa shape index (κ3) is 2.58. The van der Waals surface area contributed by atoms with E-state index in [1.165, 1.54) is 42.1 Å². The van der Waals surface area contributed by atoms with Crippen LogP contribution in [0.1, 0.15) is 50.1 Å². The molecule has 0 spiro atoms. The number of carboxylic acid groups (broad SMARTS) is 1. The van der Waals surface area contributed by atoms with Crippen molar-refractivity contribution in [3.05, 3.63) is 36.0 Å². The molecule has 2 aromatic rings. The van der Waals surface area contributed by atoms with Crippen LogP contribution in [0, 0.1) is 0 Å². The number of carbonyl (C=O) groups is 1. The summed E-state index contributed by atoms with van der Waals surface area (Å²) in [6.07, 6.45) is 9.28. The molecule has 1 aromatic heterocycles. The minimum Gasteiger partial charge on any atom is -0.481 e. The van der Waals surface area contributed by atoms with E-state index < -0.39 is 5.97 Å². The molecule has 1 fully saturated rings. The number of carboxylic acids is 1. The molecule has 0 bridgehead atoms. The topological polar surface area (TPSA) is 42.2 Å². The quantitative estimate of drug-likeness (QED) is 0.887. The van der Waals surface area contributed by atoms with Crippen molar-refractivity contribution in [2.45, 2.75) is 51.0 Å². The molecule has 20 heavy (non-hydrogen) atoms. The first-order valence-corrected chi connectivity index (χ1v) is 7.56. The average molecular weight is 271 g/mol. The second-order valence-electron chi connectivity index (χ2n) is 5.76. The van der Waals surface area contributed by atoms with E-state index in [0.717, 1.165) is 6.42 Å². The Morgan fingerprint density at radius 3 is 2.75 bits per heavy atom. The van der Waals surface area contributed by atoms with E-state index >= 15 is 0 Å². The lowest BCUT2D eigenvalue weighted by Gasteiger charge is -2.13. The lowest BCUT2D eigenvalue weighted by atomic mass is 10.1. The third-order valence-electron chi connectivity index (χ3n) is 4.38. The number of para-hydroxylation sites is 1. The fraction of sp³-hybridized carbons (Fsp3) is 0.471. The van der Waals surface area contributed by atoms with Crippen LogP contribution in [0.3, 0.4) is 0 Å². The minimum absolute atomic E-state index is 0.253. The molecule has 0 atom stereocenters. The van der Waals surface area contributed by atoms with Gasteiger partial charge in [-0.1, -0.05) is 31.0 Å². The van der Waals surface area contributed by atoms with Gasteiger partial charge in [-0.3, -0.25) is 4.79 Å². The van der Waals surface area contributed by atoms with E-state index in [2.05, 4.69) is 35.0 Å². The predicted molar refractivity (Wildman–Crippen MR) is 80.0 cm³/mol. The molecule has 0 saturated heterocycles. The first-order valence-electron chi connectivity index (χ1n) is 7.56. The number of aryl methyl sites for hydroxylation is 1. The van der Waals surface area contributed by atoms with E-state index in [9.17, 15) is 4.79 Å². The Balaban J connectivity index is 1.89. The van der Waals surface area contributed by atoms with Crippen molar-refractivity contribution in [2.24, 2.45) is 0 Å². The maximum absolute atomic E-state index is 10.7. The fourth-order valence-electron chi connectivity index (χ4n) is 3.39. The number of fused-ring (bicyclic) bond motifs is 1. The van der Waals surface area contributed by atoms with Crippen LogP contribution in [-0.4, -0.2) is 15.6 Å². The van der Waals surface area contributed by atoms with Crippen molar-refractivity contribution >= 4 is 16.9 Å². The van der Waals surface area contributed by atoms with Crippen LogP contribution in [0.5, 0.6) is 0 Å². The van der Waals surface area contributed by atoms with Gasteiger partial charge in [0.1, 0.15) is 0 Å². The van der Waals surface area contributed by atoms with E-state index in [1.807, 2.05) is 0 Å². The van der Waals surface area contributed by atoms with Crippen molar-refractivity contribution in [1.82, 2.24) is 4.57 Å². The summed E-state index contributed by atoms with van der Waals surface area (Å²) in [6, 6.07) is 9.15. The van der Waals surface area contributed by atoms with Gasteiger partial charge in [-0.2, -0.15) is 0 Å². The molecule has 1 N–H and O–H groups in total. The molecule has 1 aromatic carbocycles. The molecule has 106 valence electrons. The molecular formula is C17H21NO2. The summed E-state index contributed by atoms with van der Waals surface area (Å²) in [7, 11) is 0. The molecule has 0 amide bonds. The number of hydrogen-bond acceptors (Lipinski definition) is 1. The Bertz CT molecular complexity index is 608. The van der Waals surface area contributed by atoms with Crippen molar-refractivity contribution in [2.75, 3.05) is 0 Å². The van der Waals surface area contributed by atoms with Gasteiger partial charge in [-0.15, -0.1) is 0 Å². The van der Waals surface area contributed by atoms with Gasteiger partial charge in [0.05, 0.1) is 0 Å². The van der Waals surface area contributed by atoms with Crippen LogP contribution in [-0.2, 0) is 11.2 Å². The summed E-state index contributed by atoms with van der Waals surface area (Å²) in [5.41, 5.74) is 2.61. The van der Waals surface area contributed by atoms with Gasteiger partial charge in [-0.25, -0.2) is 0 Å². The highest BCUT2D eigenvalue weighted by Crippen LogP contribution is 2.34. The zero-order valence-electron chi connectivity index (χ0n) is 11.7. The van der Waals surface area contributed by atoms with E-state index in [4.69, 9.17) is 5.11 Å². The standard InChI is InChI=1S/C17H21NO2/c19-17(20)11-5-6-13-12-18(14-7-1-2-8-14)16-10-4-3-9-15(13)16/h3-4,9-10,12,14H,1-2,5-8,11H2,(H,19,20). The molecule has 3 rings (SSSR count). The number of aromatic nitrogens is 1. The number of rotatable bonds is 5. The summed E-state index contributed by atoms with van der Waals surface area (Å²) in [4.78, 5) is 10.7. The molecule has 3 heteroatoms. The first-order chi connectivity index (χ1) is 9.75. The Labute approximate surface area is 119 Å². The van der Waals surface area contributed by atoms with Crippen LogP contribution in [0.25, 0.3) is 10.9 Å². The summed E-state index contributed by atoms with van der Waals surface area (Å²) in [5, 5.41) is 10.1. The fourth-order valence-corrected chi connectivity index (χ4v) is 3.39. The van der Waals surface area contributed by atoms with Crippen molar-refractivity contribution in [3.63, 3.8) is 0 Å². The molecule has 0 unspecified atom stereocenters. The number of benzene rings is 1. The third-order valence-corrected chi connectivity index (χ3v) is 4.38. The zero-order chi connectivity index (χ0) is 13.9. The van der Waals surface area contributed by atoms with Gasteiger partial charge in [0.15, 0.2) is 0 Å². The number of aliphatic carboxylic acids is 1. The van der Waals surface area contributed by atoms with Crippen LogP contribution in [0.2, 0.25) is 0 Å². The van der Waals surface area contributed by atoms with Crippen molar-refractivity contribution < 1.29 is 9.90 Å². The second-order valence-corrected chi connectivity index (χ2v) is 5.76. The Kier molecular flexibility index (Phi) is 3.77. The number of hydrogen-bond donors (Lipinski definition) is 1. The second kappa shape index (κ2) is 5.70. The molecule has 1 heterocycles. The Morgan fingerprint density at radius 1 is 1.25 bits per heavy atom. The molecule has 0 radical (unpaired) electrons. The van der Waals surface area contributed by atoms with Gasteiger partial charge < -0.3 is 9.67 Å². The highest BCUT2D eigenvalue weighted by molar-refractivity contribution is 5.84. The zero-order valence-corrected chi connectivity index (χ0v) is 11.7. The normalized spacial score (nSPS) is 16.0. The summed E-state index contributed by atoms with van der Waals surface area (Å²) >= 11 is 0. The van der Waals surface area contributed by atoms with Crippen LogP contribution < -0.4 is 0 Å². The molecule has 1 aliphatic rings. The van der Waals surface area contributed by atoms with Gasteiger partial charge in [0.2, 0.25) is 0 Å². The lowest BCUT2D eigenvalue weighted by Crippen LogP contribution is -2.02. The lowest BCUT2D eigenvalue weighted by molar-refractivity contribution is -0.137. The maximum Gasteiger partial charge on any atom is 0.303 e.